The van der Waals surface area contributed by atoms with Crippen LogP contribution in [0, 0.1) is 5.82 Å². The molecule has 5 nitrogen and oxygen atoms in total. The summed E-state index contributed by atoms with van der Waals surface area (Å²) in [4.78, 5) is 4.06. The molecule has 0 aliphatic heterocycles. The first kappa shape index (κ1) is 14.2. The lowest BCUT2D eigenvalue weighted by molar-refractivity contribution is 0.179. The van der Waals surface area contributed by atoms with Crippen molar-refractivity contribution in [2.24, 2.45) is 0 Å². The number of rotatable bonds is 5. The second kappa shape index (κ2) is 6.31. The Balaban J connectivity index is 2.19. The van der Waals surface area contributed by atoms with Gasteiger partial charge in [-0.1, -0.05) is 11.6 Å². The summed E-state index contributed by atoms with van der Waals surface area (Å²) in [5, 5.41) is 4.08. The second-order valence-corrected chi connectivity index (χ2v) is 4.67. The van der Waals surface area contributed by atoms with E-state index >= 15 is 0 Å². The predicted molar refractivity (Wildman–Crippen MR) is 71.1 cm³/mol. The largest absolute Gasteiger partial charge is 0.424 e. The first-order valence-corrected chi connectivity index (χ1v) is 6.49. The van der Waals surface area contributed by atoms with Gasteiger partial charge in [-0.2, -0.15) is 4.98 Å². The molecule has 0 unspecified atom stereocenters. The molecule has 0 atom stereocenters. The van der Waals surface area contributed by atoms with E-state index < -0.39 is 5.82 Å². The van der Waals surface area contributed by atoms with E-state index in [0.29, 0.717) is 23.6 Å². The van der Waals surface area contributed by atoms with Crippen molar-refractivity contribution in [2.75, 3.05) is 13.7 Å². The monoisotopic (exact) mass is 349 g/mol. The van der Waals surface area contributed by atoms with Gasteiger partial charge in [0.05, 0.1) is 18.2 Å². The lowest BCUT2D eigenvalue weighted by Crippen LogP contribution is -2.07. The van der Waals surface area contributed by atoms with Crippen molar-refractivity contribution in [3.05, 3.63) is 33.8 Å². The van der Waals surface area contributed by atoms with Crippen LogP contribution in [0.3, 0.4) is 0 Å². The lowest BCUT2D eigenvalue weighted by Gasteiger charge is -2.07. The maximum absolute atomic E-state index is 13.0. The number of ether oxygens (including phenoxy) is 2. The van der Waals surface area contributed by atoms with Crippen molar-refractivity contribution in [3.8, 4) is 11.8 Å². The zero-order valence-electron chi connectivity index (χ0n) is 9.94. The van der Waals surface area contributed by atoms with Crippen LogP contribution >= 0.6 is 27.5 Å². The number of hydrogen-bond acceptors (Lipinski definition) is 4. The Morgan fingerprint density at radius 3 is 2.95 bits per heavy atom. The molecule has 1 heterocycles. The Hall–Kier alpha value is -1.18. The summed E-state index contributed by atoms with van der Waals surface area (Å²) in [6.45, 7) is 0.954. The number of benzene rings is 1. The minimum absolute atomic E-state index is 0.0143. The number of hydrogen-bond donors (Lipinski definition) is 0. The molecule has 0 aliphatic carbocycles. The molecule has 0 radical (unpaired) electrons. The Kier molecular flexibility index (Phi) is 4.73. The van der Waals surface area contributed by atoms with Crippen molar-refractivity contribution in [2.45, 2.75) is 6.54 Å². The minimum Gasteiger partial charge on any atom is -0.424 e. The summed E-state index contributed by atoms with van der Waals surface area (Å²) < 4.78 is 25.5. The molecule has 8 heteroatoms. The van der Waals surface area contributed by atoms with Crippen molar-refractivity contribution >= 4 is 27.5 Å². The van der Waals surface area contributed by atoms with Gasteiger partial charge in [0.15, 0.2) is 0 Å². The quantitative estimate of drug-likeness (QED) is 0.830. The fourth-order valence-corrected chi connectivity index (χ4v) is 1.86. The van der Waals surface area contributed by atoms with E-state index in [-0.39, 0.29) is 11.0 Å². The normalized spacial score (nSPS) is 10.7. The van der Waals surface area contributed by atoms with Gasteiger partial charge in [0.2, 0.25) is 4.73 Å². The smallest absolute Gasteiger partial charge is 0.321 e. The van der Waals surface area contributed by atoms with E-state index in [1.54, 1.807) is 7.11 Å². The van der Waals surface area contributed by atoms with E-state index in [2.05, 4.69) is 26.0 Å². The topological polar surface area (TPSA) is 49.2 Å². The third-order valence-corrected chi connectivity index (χ3v) is 2.84. The number of aromatic nitrogens is 3. The standard InChI is InChI=1S/C11H10BrClFN3O2/c1-18-5-4-17-11(15-10(12)16-17)19-7-2-3-9(14)8(13)6-7/h2-3,6H,4-5H2,1H3. The van der Waals surface area contributed by atoms with E-state index in [4.69, 9.17) is 21.1 Å². The van der Waals surface area contributed by atoms with Gasteiger partial charge in [-0.15, -0.1) is 5.10 Å². The van der Waals surface area contributed by atoms with Gasteiger partial charge in [0.25, 0.3) is 0 Å². The van der Waals surface area contributed by atoms with Crippen LogP contribution < -0.4 is 4.74 Å². The summed E-state index contributed by atoms with van der Waals surface area (Å²) in [5.41, 5.74) is 0. The molecule has 0 amide bonds. The van der Waals surface area contributed by atoms with E-state index in [1.165, 1.54) is 22.9 Å². The maximum atomic E-state index is 13.0. The molecule has 0 saturated carbocycles. The number of halogens is 3. The van der Waals surface area contributed by atoms with E-state index in [1.807, 2.05) is 0 Å². The molecule has 1 aromatic heterocycles. The average molecular weight is 351 g/mol. The van der Waals surface area contributed by atoms with Gasteiger partial charge in [0.1, 0.15) is 11.6 Å². The molecule has 2 rings (SSSR count). The number of methoxy groups -OCH3 is 1. The van der Waals surface area contributed by atoms with Gasteiger partial charge in [-0.05, 0) is 28.1 Å². The minimum atomic E-state index is -0.504. The van der Waals surface area contributed by atoms with E-state index in [9.17, 15) is 4.39 Å². The van der Waals surface area contributed by atoms with Crippen LogP contribution in [0.15, 0.2) is 22.9 Å². The van der Waals surface area contributed by atoms with Crippen LogP contribution in [0.4, 0.5) is 4.39 Å². The highest BCUT2D eigenvalue weighted by molar-refractivity contribution is 9.10. The summed E-state index contributed by atoms with van der Waals surface area (Å²) in [6.07, 6.45) is 0. The highest BCUT2D eigenvalue weighted by Gasteiger charge is 2.11. The average Bonchev–Trinajstić information content (AvgIpc) is 2.71. The molecular formula is C11H10BrClFN3O2. The maximum Gasteiger partial charge on any atom is 0.321 e. The van der Waals surface area contributed by atoms with Crippen LogP contribution in [0.2, 0.25) is 5.02 Å². The fraction of sp³-hybridized carbons (Fsp3) is 0.273. The third kappa shape index (κ3) is 3.65. The van der Waals surface area contributed by atoms with Gasteiger partial charge < -0.3 is 9.47 Å². The van der Waals surface area contributed by atoms with Crippen molar-refractivity contribution in [1.82, 2.24) is 14.8 Å². The van der Waals surface area contributed by atoms with Crippen molar-refractivity contribution in [3.63, 3.8) is 0 Å². The molecular weight excluding hydrogens is 340 g/mol. The van der Waals surface area contributed by atoms with Gasteiger partial charge in [0, 0.05) is 13.2 Å². The zero-order chi connectivity index (χ0) is 13.8. The van der Waals surface area contributed by atoms with Crippen LogP contribution in [0.5, 0.6) is 11.8 Å². The Labute approximate surface area is 122 Å². The van der Waals surface area contributed by atoms with Crippen LogP contribution in [0.25, 0.3) is 0 Å². The molecule has 0 fully saturated rings. The second-order valence-electron chi connectivity index (χ2n) is 3.56. The fourth-order valence-electron chi connectivity index (χ4n) is 1.35. The molecule has 0 saturated heterocycles. The summed E-state index contributed by atoms with van der Waals surface area (Å²) in [5.74, 6) is -0.124. The molecule has 2 aromatic rings. The van der Waals surface area contributed by atoms with Gasteiger partial charge in [-0.3, -0.25) is 0 Å². The number of nitrogens with zero attached hydrogens (tertiary/aromatic N) is 3. The summed E-state index contributed by atoms with van der Waals surface area (Å²) >= 11 is 8.85. The summed E-state index contributed by atoms with van der Waals surface area (Å²) in [7, 11) is 1.59. The van der Waals surface area contributed by atoms with Crippen molar-refractivity contribution < 1.29 is 13.9 Å². The predicted octanol–water partition coefficient (Wildman–Crippen LogP) is 3.27. The Morgan fingerprint density at radius 1 is 1.47 bits per heavy atom. The molecule has 0 bridgehead atoms. The zero-order valence-corrected chi connectivity index (χ0v) is 12.3. The van der Waals surface area contributed by atoms with Crippen molar-refractivity contribution in [1.29, 1.82) is 0 Å². The lowest BCUT2D eigenvalue weighted by atomic mass is 10.3. The Bertz CT molecular complexity index is 579. The first-order chi connectivity index (χ1) is 9.10. The first-order valence-electron chi connectivity index (χ1n) is 5.32. The molecule has 19 heavy (non-hydrogen) atoms. The van der Waals surface area contributed by atoms with Gasteiger partial charge in [-0.25, -0.2) is 9.07 Å². The molecule has 102 valence electrons. The molecule has 0 aliphatic rings. The van der Waals surface area contributed by atoms with Crippen LogP contribution in [-0.2, 0) is 11.3 Å². The highest BCUT2D eigenvalue weighted by atomic mass is 79.9. The molecule has 1 aromatic carbocycles. The van der Waals surface area contributed by atoms with Crippen LogP contribution in [-0.4, -0.2) is 28.5 Å². The van der Waals surface area contributed by atoms with Gasteiger partial charge >= 0.3 is 6.01 Å². The Morgan fingerprint density at radius 2 is 2.26 bits per heavy atom. The third-order valence-electron chi connectivity index (χ3n) is 2.22. The molecule has 0 spiro atoms. The van der Waals surface area contributed by atoms with E-state index in [0.717, 1.165) is 0 Å². The van der Waals surface area contributed by atoms with Crippen LogP contribution in [0.1, 0.15) is 0 Å². The highest BCUT2D eigenvalue weighted by Crippen LogP contribution is 2.25. The molecule has 0 N–H and O–H groups in total. The SMILES string of the molecule is COCCn1nc(Br)nc1Oc1ccc(F)c(Cl)c1. The summed E-state index contributed by atoms with van der Waals surface area (Å²) in [6, 6.07) is 4.33.